The summed E-state index contributed by atoms with van der Waals surface area (Å²) in [4.78, 5) is 10.7. The number of carbonyl (C=O) groups is 1. The van der Waals surface area contributed by atoms with Crippen LogP contribution < -0.4 is 5.32 Å². The van der Waals surface area contributed by atoms with Crippen molar-refractivity contribution < 1.29 is 9.90 Å². The molecule has 2 N–H and O–H groups in total. The Balaban J connectivity index is 3.46. The molecule has 13 heavy (non-hydrogen) atoms. The maximum atomic E-state index is 10.7. The van der Waals surface area contributed by atoms with Crippen molar-refractivity contribution in [2.24, 2.45) is 5.41 Å². The minimum absolute atomic E-state index is 0.548. The van der Waals surface area contributed by atoms with E-state index in [1.807, 2.05) is 0 Å². The number of hydrogen-bond donors (Lipinski definition) is 2. The third-order valence-corrected chi connectivity index (χ3v) is 2.10. The third kappa shape index (κ3) is 5.64. The predicted molar refractivity (Wildman–Crippen MR) is 53.8 cm³/mol. The summed E-state index contributed by atoms with van der Waals surface area (Å²) in [7, 11) is 0. The molecule has 0 aliphatic carbocycles. The van der Waals surface area contributed by atoms with Crippen molar-refractivity contribution in [2.45, 2.75) is 40.0 Å². The molecule has 0 bridgehead atoms. The van der Waals surface area contributed by atoms with Crippen LogP contribution in [0.3, 0.4) is 0 Å². The minimum Gasteiger partial charge on any atom is -0.481 e. The Hall–Kier alpha value is -0.570. The Bertz CT molecular complexity index is 155. The maximum absolute atomic E-state index is 10.7. The largest absolute Gasteiger partial charge is 0.481 e. The Kier molecular flexibility index (Phi) is 5.71. The van der Waals surface area contributed by atoms with Gasteiger partial charge >= 0.3 is 5.97 Å². The zero-order valence-corrected chi connectivity index (χ0v) is 8.89. The fourth-order valence-corrected chi connectivity index (χ4v) is 0.977. The number of hydrogen-bond acceptors (Lipinski definition) is 2. The number of unbranched alkanes of at least 4 members (excludes halogenated alkanes) is 2. The molecule has 0 aliphatic heterocycles. The van der Waals surface area contributed by atoms with Crippen molar-refractivity contribution in [3.63, 3.8) is 0 Å². The summed E-state index contributed by atoms with van der Waals surface area (Å²) < 4.78 is 0. The second kappa shape index (κ2) is 5.97. The van der Waals surface area contributed by atoms with Gasteiger partial charge in [-0.15, -0.1) is 0 Å². The molecule has 0 heterocycles. The number of rotatable bonds is 7. The van der Waals surface area contributed by atoms with Crippen molar-refractivity contribution in [2.75, 3.05) is 13.1 Å². The summed E-state index contributed by atoms with van der Waals surface area (Å²) in [6.07, 6.45) is 3.54. The minimum atomic E-state index is -0.740. The molecule has 0 aromatic carbocycles. The van der Waals surface area contributed by atoms with Gasteiger partial charge in [0.2, 0.25) is 0 Å². The maximum Gasteiger partial charge on any atom is 0.310 e. The average Bonchev–Trinajstić information content (AvgIpc) is 2.03. The molecular weight excluding hydrogens is 166 g/mol. The van der Waals surface area contributed by atoms with Crippen molar-refractivity contribution in [3.05, 3.63) is 0 Å². The van der Waals surface area contributed by atoms with E-state index < -0.39 is 11.4 Å². The summed E-state index contributed by atoms with van der Waals surface area (Å²) in [5, 5.41) is 12.0. The van der Waals surface area contributed by atoms with Gasteiger partial charge < -0.3 is 10.4 Å². The molecule has 3 heteroatoms. The van der Waals surface area contributed by atoms with Gasteiger partial charge in [0.15, 0.2) is 0 Å². The second-order valence-corrected chi connectivity index (χ2v) is 4.07. The summed E-state index contributed by atoms with van der Waals surface area (Å²) in [6, 6.07) is 0. The molecule has 0 aromatic heterocycles. The van der Waals surface area contributed by atoms with Crippen molar-refractivity contribution in [1.29, 1.82) is 0 Å². The quantitative estimate of drug-likeness (QED) is 0.598. The Morgan fingerprint density at radius 1 is 1.38 bits per heavy atom. The lowest BCUT2D eigenvalue weighted by molar-refractivity contribution is -0.146. The molecule has 0 aliphatic rings. The smallest absolute Gasteiger partial charge is 0.310 e. The molecule has 0 fully saturated rings. The number of aliphatic carboxylic acids is 1. The van der Waals surface area contributed by atoms with E-state index >= 15 is 0 Å². The fourth-order valence-electron chi connectivity index (χ4n) is 0.977. The highest BCUT2D eigenvalue weighted by Gasteiger charge is 2.25. The van der Waals surface area contributed by atoms with Gasteiger partial charge in [0, 0.05) is 6.54 Å². The summed E-state index contributed by atoms with van der Waals surface area (Å²) in [5.41, 5.74) is -0.647. The monoisotopic (exact) mass is 187 g/mol. The molecule has 0 atom stereocenters. The summed E-state index contributed by atoms with van der Waals surface area (Å²) >= 11 is 0. The van der Waals surface area contributed by atoms with Gasteiger partial charge in [-0.05, 0) is 26.8 Å². The van der Waals surface area contributed by atoms with E-state index in [1.165, 1.54) is 12.8 Å². The van der Waals surface area contributed by atoms with Crippen molar-refractivity contribution >= 4 is 5.97 Å². The van der Waals surface area contributed by atoms with E-state index in [4.69, 9.17) is 5.11 Å². The van der Waals surface area contributed by atoms with Crippen LogP contribution in [0.5, 0.6) is 0 Å². The standard InChI is InChI=1S/C10H21NO2/c1-4-5-6-7-11-8-10(2,3)9(12)13/h11H,4-8H2,1-3H3,(H,12,13). The first-order chi connectivity index (χ1) is 6.00. The van der Waals surface area contributed by atoms with Crippen LogP contribution in [-0.4, -0.2) is 24.2 Å². The highest BCUT2D eigenvalue weighted by molar-refractivity contribution is 5.73. The highest BCUT2D eigenvalue weighted by atomic mass is 16.4. The van der Waals surface area contributed by atoms with Crippen LogP contribution in [0.4, 0.5) is 0 Å². The SMILES string of the molecule is CCCCCNCC(C)(C)C(=O)O. The van der Waals surface area contributed by atoms with E-state index in [2.05, 4.69) is 12.2 Å². The van der Waals surface area contributed by atoms with Crippen molar-refractivity contribution in [3.8, 4) is 0 Å². The van der Waals surface area contributed by atoms with Gasteiger partial charge in [0.25, 0.3) is 0 Å². The molecule has 0 aromatic rings. The summed E-state index contributed by atoms with van der Waals surface area (Å²) in [6.45, 7) is 7.10. The molecule has 0 amide bonds. The second-order valence-electron chi connectivity index (χ2n) is 4.07. The summed E-state index contributed by atoms with van der Waals surface area (Å²) in [5.74, 6) is -0.740. The van der Waals surface area contributed by atoms with Crippen LogP contribution in [0.2, 0.25) is 0 Å². The molecule has 0 unspecified atom stereocenters. The van der Waals surface area contributed by atoms with Crippen LogP contribution in [0.25, 0.3) is 0 Å². The van der Waals surface area contributed by atoms with E-state index in [-0.39, 0.29) is 0 Å². The first kappa shape index (κ1) is 12.4. The van der Waals surface area contributed by atoms with Gasteiger partial charge in [-0.3, -0.25) is 4.79 Å². The first-order valence-corrected chi connectivity index (χ1v) is 4.95. The Morgan fingerprint density at radius 2 is 2.00 bits per heavy atom. The van der Waals surface area contributed by atoms with Crippen LogP contribution >= 0.6 is 0 Å². The molecular formula is C10H21NO2. The number of carboxylic acid groups (broad SMARTS) is 1. The van der Waals surface area contributed by atoms with Crippen LogP contribution in [0, 0.1) is 5.41 Å². The highest BCUT2D eigenvalue weighted by Crippen LogP contribution is 2.12. The molecule has 0 rings (SSSR count). The van der Waals surface area contributed by atoms with Gasteiger partial charge in [0.05, 0.1) is 5.41 Å². The number of carboxylic acids is 1. The van der Waals surface area contributed by atoms with Crippen LogP contribution in [0.15, 0.2) is 0 Å². The van der Waals surface area contributed by atoms with E-state index in [0.29, 0.717) is 6.54 Å². The number of nitrogens with one attached hydrogen (secondary N) is 1. The fraction of sp³-hybridized carbons (Fsp3) is 0.900. The zero-order valence-electron chi connectivity index (χ0n) is 8.89. The average molecular weight is 187 g/mol. The third-order valence-electron chi connectivity index (χ3n) is 2.10. The predicted octanol–water partition coefficient (Wildman–Crippen LogP) is 1.88. The van der Waals surface area contributed by atoms with Gasteiger partial charge in [0.1, 0.15) is 0 Å². The van der Waals surface area contributed by atoms with Crippen LogP contribution in [0.1, 0.15) is 40.0 Å². The lowest BCUT2D eigenvalue weighted by Gasteiger charge is -2.19. The normalized spacial score (nSPS) is 11.6. The van der Waals surface area contributed by atoms with E-state index in [9.17, 15) is 4.79 Å². The molecule has 0 saturated heterocycles. The van der Waals surface area contributed by atoms with E-state index in [1.54, 1.807) is 13.8 Å². The van der Waals surface area contributed by atoms with Crippen LogP contribution in [-0.2, 0) is 4.79 Å². The molecule has 78 valence electrons. The molecule has 0 radical (unpaired) electrons. The molecule has 0 spiro atoms. The Morgan fingerprint density at radius 3 is 2.46 bits per heavy atom. The Labute approximate surface area is 80.5 Å². The van der Waals surface area contributed by atoms with Crippen molar-refractivity contribution in [1.82, 2.24) is 5.32 Å². The van der Waals surface area contributed by atoms with Gasteiger partial charge in [-0.2, -0.15) is 0 Å². The topological polar surface area (TPSA) is 49.3 Å². The first-order valence-electron chi connectivity index (χ1n) is 4.95. The van der Waals surface area contributed by atoms with E-state index in [0.717, 1.165) is 13.0 Å². The zero-order chi connectivity index (χ0) is 10.3. The molecule has 0 saturated carbocycles. The lowest BCUT2D eigenvalue weighted by Crippen LogP contribution is -2.36. The van der Waals surface area contributed by atoms with Gasteiger partial charge in [-0.1, -0.05) is 19.8 Å². The lowest BCUT2D eigenvalue weighted by atomic mass is 9.94. The molecule has 3 nitrogen and oxygen atoms in total. The van der Waals surface area contributed by atoms with Gasteiger partial charge in [-0.25, -0.2) is 0 Å².